The molecule has 40 heavy (non-hydrogen) atoms. The van der Waals surface area contributed by atoms with Gasteiger partial charge in [-0.15, -0.1) is 0 Å². The lowest BCUT2D eigenvalue weighted by molar-refractivity contribution is -0.164. The summed E-state index contributed by atoms with van der Waals surface area (Å²) in [5.74, 6) is -2.08. The lowest BCUT2D eigenvalue weighted by Crippen LogP contribution is -2.35. The molecule has 0 heterocycles. The van der Waals surface area contributed by atoms with Gasteiger partial charge in [-0.05, 0) is 38.5 Å². The average Bonchev–Trinajstić information content (AvgIpc) is 2.96. The summed E-state index contributed by atoms with van der Waals surface area (Å²) in [5.41, 5.74) is 0. The van der Waals surface area contributed by atoms with E-state index in [9.17, 15) is 14.7 Å². The summed E-state index contributed by atoms with van der Waals surface area (Å²) in [6, 6.07) is 0. The first-order valence-corrected chi connectivity index (χ1v) is 18.0. The van der Waals surface area contributed by atoms with Crippen molar-refractivity contribution in [3.05, 3.63) is 0 Å². The third kappa shape index (κ3) is 19.9. The summed E-state index contributed by atoms with van der Waals surface area (Å²) in [5, 5.41) is 9.61. The molecule has 236 valence electrons. The first kappa shape index (κ1) is 37.0. The molecule has 1 fully saturated rings. The van der Waals surface area contributed by atoms with Crippen LogP contribution in [0.15, 0.2) is 0 Å². The van der Waals surface area contributed by atoms with Crippen molar-refractivity contribution < 1.29 is 19.4 Å². The molecule has 0 radical (unpaired) electrons. The molecule has 1 aliphatic carbocycles. The number of carboxylic acid groups (broad SMARTS) is 1. The van der Waals surface area contributed by atoms with E-state index in [0.29, 0.717) is 12.8 Å². The standard InChI is InChI=1S/C36H68O4/c1-3-5-7-9-11-13-14-15-16-17-18-19-21-23-25-29-32(28-24-22-20-12-10-8-6-4-2)40-36(39)34-31-27-26-30-33(34)35(37)38/h32-34H,3-31H2,1-2H3,(H,37,38). The highest BCUT2D eigenvalue weighted by atomic mass is 16.5. The summed E-state index contributed by atoms with van der Waals surface area (Å²) < 4.78 is 6.05. The van der Waals surface area contributed by atoms with Crippen LogP contribution in [0.25, 0.3) is 0 Å². The van der Waals surface area contributed by atoms with Crippen LogP contribution in [0.3, 0.4) is 0 Å². The summed E-state index contributed by atoms with van der Waals surface area (Å²) in [6.07, 6.45) is 35.5. The van der Waals surface area contributed by atoms with Crippen LogP contribution in [0.4, 0.5) is 0 Å². The number of carbonyl (C=O) groups is 2. The minimum Gasteiger partial charge on any atom is -0.481 e. The van der Waals surface area contributed by atoms with Crippen LogP contribution in [0.2, 0.25) is 0 Å². The van der Waals surface area contributed by atoms with Crippen LogP contribution in [-0.2, 0) is 14.3 Å². The smallest absolute Gasteiger partial charge is 0.310 e. The number of unbranched alkanes of at least 4 members (excludes halogenated alkanes) is 21. The van der Waals surface area contributed by atoms with Gasteiger partial charge in [0, 0.05) is 0 Å². The fourth-order valence-electron chi connectivity index (χ4n) is 6.47. The number of hydrogen-bond donors (Lipinski definition) is 1. The SMILES string of the molecule is CCCCCCCCCCCCCCCCCC(CCCCCCCCCC)OC(=O)C1CCCCC1C(=O)O. The zero-order valence-corrected chi connectivity index (χ0v) is 26.9. The molecule has 0 aromatic rings. The molecular formula is C36H68O4. The molecule has 4 nitrogen and oxygen atoms in total. The minimum atomic E-state index is -0.830. The van der Waals surface area contributed by atoms with Crippen LogP contribution >= 0.6 is 0 Å². The second-order valence-electron chi connectivity index (χ2n) is 12.9. The van der Waals surface area contributed by atoms with Gasteiger partial charge in [-0.2, -0.15) is 0 Å². The first-order valence-electron chi connectivity index (χ1n) is 18.0. The highest BCUT2D eigenvalue weighted by Crippen LogP contribution is 2.32. The van der Waals surface area contributed by atoms with E-state index in [-0.39, 0.29) is 12.1 Å². The lowest BCUT2D eigenvalue weighted by atomic mass is 9.79. The second kappa shape index (κ2) is 26.8. The molecule has 0 bridgehead atoms. The largest absolute Gasteiger partial charge is 0.481 e. The highest BCUT2D eigenvalue weighted by molar-refractivity contribution is 5.81. The minimum absolute atomic E-state index is 0.0362. The number of carboxylic acids is 1. The maximum Gasteiger partial charge on any atom is 0.310 e. The fraction of sp³-hybridized carbons (Fsp3) is 0.944. The predicted molar refractivity (Wildman–Crippen MR) is 170 cm³/mol. The van der Waals surface area contributed by atoms with E-state index in [1.807, 2.05) is 0 Å². The number of hydrogen-bond acceptors (Lipinski definition) is 3. The molecule has 0 spiro atoms. The second-order valence-corrected chi connectivity index (χ2v) is 12.9. The van der Waals surface area contributed by atoms with E-state index in [2.05, 4.69) is 13.8 Å². The van der Waals surface area contributed by atoms with Gasteiger partial charge in [0.15, 0.2) is 0 Å². The topological polar surface area (TPSA) is 63.6 Å². The molecule has 3 atom stereocenters. The van der Waals surface area contributed by atoms with Crippen LogP contribution in [0.1, 0.15) is 200 Å². The first-order chi connectivity index (χ1) is 19.6. The molecule has 0 aromatic carbocycles. The average molecular weight is 565 g/mol. The molecule has 0 amide bonds. The monoisotopic (exact) mass is 565 g/mol. The third-order valence-corrected chi connectivity index (χ3v) is 9.18. The van der Waals surface area contributed by atoms with Gasteiger partial charge in [0.05, 0.1) is 11.8 Å². The third-order valence-electron chi connectivity index (χ3n) is 9.18. The van der Waals surface area contributed by atoms with E-state index in [4.69, 9.17) is 4.74 Å². The van der Waals surface area contributed by atoms with Gasteiger partial charge in [0.2, 0.25) is 0 Å². The molecule has 1 N–H and O–H groups in total. The van der Waals surface area contributed by atoms with E-state index in [1.165, 1.54) is 135 Å². The Bertz CT molecular complexity index is 589. The lowest BCUT2D eigenvalue weighted by Gasteiger charge is -2.29. The highest BCUT2D eigenvalue weighted by Gasteiger charge is 2.37. The molecular weight excluding hydrogens is 496 g/mol. The van der Waals surface area contributed by atoms with Crippen LogP contribution in [0.5, 0.6) is 0 Å². The van der Waals surface area contributed by atoms with E-state index in [1.54, 1.807) is 0 Å². The van der Waals surface area contributed by atoms with Crippen LogP contribution in [-0.4, -0.2) is 23.1 Å². The molecule has 3 unspecified atom stereocenters. The van der Waals surface area contributed by atoms with Crippen molar-refractivity contribution in [2.75, 3.05) is 0 Å². The summed E-state index contributed by atoms with van der Waals surface area (Å²) >= 11 is 0. The van der Waals surface area contributed by atoms with Crippen molar-refractivity contribution in [2.45, 2.75) is 206 Å². The van der Waals surface area contributed by atoms with Crippen molar-refractivity contribution in [3.8, 4) is 0 Å². The maximum atomic E-state index is 13.0. The molecule has 0 aromatic heterocycles. The van der Waals surface area contributed by atoms with Crippen molar-refractivity contribution in [1.82, 2.24) is 0 Å². The molecule has 0 aliphatic heterocycles. The molecule has 1 saturated carbocycles. The quantitative estimate of drug-likeness (QED) is 0.0758. The Hall–Kier alpha value is -1.06. The normalized spacial score (nSPS) is 18.1. The Morgan fingerprint density at radius 1 is 0.550 bits per heavy atom. The van der Waals surface area contributed by atoms with Gasteiger partial charge >= 0.3 is 11.9 Å². The number of aliphatic carboxylic acids is 1. The molecule has 1 aliphatic rings. The Morgan fingerprint density at radius 2 is 0.875 bits per heavy atom. The zero-order chi connectivity index (χ0) is 29.1. The number of esters is 1. The van der Waals surface area contributed by atoms with Crippen molar-refractivity contribution in [3.63, 3.8) is 0 Å². The molecule has 0 saturated heterocycles. The van der Waals surface area contributed by atoms with Crippen molar-refractivity contribution in [2.24, 2.45) is 11.8 Å². The number of ether oxygens (including phenoxy) is 1. The van der Waals surface area contributed by atoms with Crippen LogP contribution in [0, 0.1) is 11.8 Å². The Kier molecular flexibility index (Phi) is 24.8. The van der Waals surface area contributed by atoms with Gasteiger partial charge < -0.3 is 9.84 Å². The van der Waals surface area contributed by atoms with Gasteiger partial charge in [-0.25, -0.2) is 0 Å². The molecule has 4 heteroatoms. The summed E-state index contributed by atoms with van der Waals surface area (Å²) in [7, 11) is 0. The van der Waals surface area contributed by atoms with Gasteiger partial charge in [0.1, 0.15) is 6.10 Å². The van der Waals surface area contributed by atoms with Gasteiger partial charge in [0.25, 0.3) is 0 Å². The van der Waals surface area contributed by atoms with Gasteiger partial charge in [-0.3, -0.25) is 9.59 Å². The van der Waals surface area contributed by atoms with E-state index in [0.717, 1.165) is 38.5 Å². The van der Waals surface area contributed by atoms with E-state index >= 15 is 0 Å². The number of rotatable bonds is 28. The summed E-state index contributed by atoms with van der Waals surface area (Å²) in [4.78, 5) is 24.7. The summed E-state index contributed by atoms with van der Waals surface area (Å²) in [6.45, 7) is 4.54. The Balaban J connectivity index is 2.24. The van der Waals surface area contributed by atoms with Crippen molar-refractivity contribution in [1.29, 1.82) is 0 Å². The molecule has 1 rings (SSSR count). The number of carbonyl (C=O) groups excluding carboxylic acids is 1. The fourth-order valence-corrected chi connectivity index (χ4v) is 6.47. The maximum absolute atomic E-state index is 13.0. The van der Waals surface area contributed by atoms with Gasteiger partial charge in [-0.1, -0.05) is 162 Å². The zero-order valence-electron chi connectivity index (χ0n) is 26.9. The Labute approximate surface area is 249 Å². The Morgan fingerprint density at radius 3 is 1.23 bits per heavy atom. The van der Waals surface area contributed by atoms with E-state index < -0.39 is 17.8 Å². The van der Waals surface area contributed by atoms with Crippen LogP contribution < -0.4 is 0 Å². The predicted octanol–water partition coefficient (Wildman–Crippen LogP) is 11.6. The van der Waals surface area contributed by atoms with Crippen molar-refractivity contribution >= 4 is 11.9 Å².